The molecule has 1 aromatic rings. The van der Waals surface area contributed by atoms with Crippen molar-refractivity contribution in [3.63, 3.8) is 0 Å². The van der Waals surface area contributed by atoms with Gasteiger partial charge in [0.1, 0.15) is 19.0 Å². The lowest BCUT2D eigenvalue weighted by Gasteiger charge is -2.25. The maximum absolute atomic E-state index is 12.2. The SMILES string of the molecule is CC(C)(C)N/C=C(\N)CN(C/C(N)=C/NCc1ccc(OCCF)cc1)C/C(=C/NC(C)(C)C)N=N. The highest BCUT2D eigenvalue weighted by Crippen LogP contribution is 2.12. The molecule has 0 bridgehead atoms. The van der Waals surface area contributed by atoms with Crippen LogP contribution in [0.3, 0.4) is 0 Å². The van der Waals surface area contributed by atoms with Crippen LogP contribution in [-0.4, -0.2) is 48.9 Å². The Morgan fingerprint density at radius 1 is 0.944 bits per heavy atom. The second-order valence-corrected chi connectivity index (χ2v) is 10.7. The van der Waals surface area contributed by atoms with Crippen LogP contribution in [0.15, 0.2) is 65.1 Å². The van der Waals surface area contributed by atoms with Crippen LogP contribution >= 0.6 is 0 Å². The standard InChI is InChI=1S/C26H45FN8O/c1-25(2,3)32-15-22(29)18-35(19-23(34-30)16-33-26(4,5)6)17-21(28)14-31-13-20-7-9-24(10-8-20)36-12-11-27/h7-10,14-16,30-33H,11-13,17-19,28-29H2,1-6H3/b21-14-,22-15-,23-16-,34-30?. The molecule has 202 valence electrons. The summed E-state index contributed by atoms with van der Waals surface area (Å²) >= 11 is 0. The van der Waals surface area contributed by atoms with Crippen molar-refractivity contribution >= 4 is 0 Å². The molecule has 1 aromatic carbocycles. The predicted molar refractivity (Wildman–Crippen MR) is 145 cm³/mol. The van der Waals surface area contributed by atoms with Gasteiger partial charge in [-0.3, -0.25) is 4.90 Å². The second kappa shape index (κ2) is 15.0. The Kier molecular flexibility index (Phi) is 12.8. The van der Waals surface area contributed by atoms with Gasteiger partial charge in [-0.25, -0.2) is 9.92 Å². The van der Waals surface area contributed by atoms with E-state index in [2.05, 4.69) is 41.8 Å². The van der Waals surface area contributed by atoms with Gasteiger partial charge < -0.3 is 32.2 Å². The van der Waals surface area contributed by atoms with Crippen LogP contribution in [0.2, 0.25) is 0 Å². The van der Waals surface area contributed by atoms with Crippen LogP contribution in [-0.2, 0) is 6.54 Å². The largest absolute Gasteiger partial charge is 0.491 e. The fourth-order valence-electron chi connectivity index (χ4n) is 2.89. The van der Waals surface area contributed by atoms with Crippen molar-refractivity contribution in [3.8, 4) is 5.75 Å². The maximum atomic E-state index is 12.2. The van der Waals surface area contributed by atoms with Crippen LogP contribution in [0.5, 0.6) is 5.75 Å². The van der Waals surface area contributed by atoms with Gasteiger partial charge in [0.05, 0.1) is 5.70 Å². The number of nitrogens with zero attached hydrogens (tertiary/aromatic N) is 2. The van der Waals surface area contributed by atoms with E-state index < -0.39 is 6.67 Å². The molecule has 0 spiro atoms. The molecule has 0 heterocycles. The molecule has 0 fully saturated rings. The van der Waals surface area contributed by atoms with E-state index in [4.69, 9.17) is 21.7 Å². The summed E-state index contributed by atoms with van der Waals surface area (Å²) in [7, 11) is 0. The van der Waals surface area contributed by atoms with Gasteiger partial charge in [0, 0.05) is 67.3 Å². The number of hydrogen-bond acceptors (Lipinski definition) is 9. The molecule has 0 aliphatic carbocycles. The van der Waals surface area contributed by atoms with Gasteiger partial charge in [-0.05, 0) is 59.2 Å². The molecule has 1 rings (SSSR count). The normalized spacial score (nSPS) is 13.5. The quantitative estimate of drug-likeness (QED) is 0.201. The average molecular weight is 505 g/mol. The van der Waals surface area contributed by atoms with Crippen molar-refractivity contribution in [2.24, 2.45) is 16.6 Å². The van der Waals surface area contributed by atoms with Crippen LogP contribution in [0, 0.1) is 5.53 Å². The van der Waals surface area contributed by atoms with Crippen molar-refractivity contribution in [1.82, 2.24) is 20.9 Å². The fourth-order valence-corrected chi connectivity index (χ4v) is 2.89. The van der Waals surface area contributed by atoms with E-state index in [9.17, 15) is 4.39 Å². The number of rotatable bonds is 15. The van der Waals surface area contributed by atoms with Gasteiger partial charge in [0.15, 0.2) is 0 Å². The molecule has 0 atom stereocenters. The molecule has 9 nitrogen and oxygen atoms in total. The summed E-state index contributed by atoms with van der Waals surface area (Å²) in [5.41, 5.74) is 22.8. The topological polar surface area (TPSA) is 137 Å². The summed E-state index contributed by atoms with van der Waals surface area (Å²) in [6.45, 7) is 13.7. The third kappa shape index (κ3) is 14.9. The molecule has 0 aliphatic heterocycles. The van der Waals surface area contributed by atoms with E-state index in [1.165, 1.54) is 0 Å². The van der Waals surface area contributed by atoms with Crippen molar-refractivity contribution in [2.45, 2.75) is 59.2 Å². The van der Waals surface area contributed by atoms with Gasteiger partial charge in [-0.1, -0.05) is 12.1 Å². The molecule has 0 radical (unpaired) electrons. The minimum absolute atomic E-state index is 0.0516. The third-order valence-corrected chi connectivity index (χ3v) is 4.57. The molecule has 0 saturated heterocycles. The van der Waals surface area contributed by atoms with Crippen molar-refractivity contribution in [3.05, 3.63) is 65.5 Å². The van der Waals surface area contributed by atoms with Crippen molar-refractivity contribution in [2.75, 3.05) is 32.9 Å². The minimum Gasteiger partial charge on any atom is -0.491 e. The first kappa shape index (κ1) is 30.8. The molecule has 0 aromatic heterocycles. The minimum atomic E-state index is -0.515. The number of alkyl halides is 1. The highest BCUT2D eigenvalue weighted by atomic mass is 19.1. The lowest BCUT2D eigenvalue weighted by molar-refractivity contribution is 0.273. The number of nitrogens with one attached hydrogen (secondary N) is 4. The Morgan fingerprint density at radius 2 is 1.50 bits per heavy atom. The Labute approximate surface area is 215 Å². The second-order valence-electron chi connectivity index (χ2n) is 10.7. The molecule has 8 N–H and O–H groups in total. The zero-order valence-corrected chi connectivity index (χ0v) is 22.6. The fraction of sp³-hybridized carbons (Fsp3) is 0.538. The first-order chi connectivity index (χ1) is 16.8. The first-order valence-corrected chi connectivity index (χ1v) is 12.1. The smallest absolute Gasteiger partial charge is 0.123 e. The third-order valence-electron chi connectivity index (χ3n) is 4.57. The molecule has 0 aliphatic rings. The van der Waals surface area contributed by atoms with Gasteiger partial charge in [0.25, 0.3) is 0 Å². The number of benzene rings is 1. The summed E-state index contributed by atoms with van der Waals surface area (Å²) in [6, 6.07) is 7.46. The van der Waals surface area contributed by atoms with E-state index in [1.54, 1.807) is 18.6 Å². The van der Waals surface area contributed by atoms with Crippen molar-refractivity contribution < 1.29 is 9.13 Å². The Balaban J connectivity index is 2.84. The molecule has 10 heteroatoms. The number of nitrogens with two attached hydrogens (primary N) is 2. The molecule has 0 saturated carbocycles. The lowest BCUT2D eigenvalue weighted by Crippen LogP contribution is -2.37. The maximum Gasteiger partial charge on any atom is 0.123 e. The highest BCUT2D eigenvalue weighted by Gasteiger charge is 2.13. The van der Waals surface area contributed by atoms with Crippen molar-refractivity contribution in [1.29, 1.82) is 5.53 Å². The van der Waals surface area contributed by atoms with Crippen LogP contribution in [0.25, 0.3) is 0 Å². The Morgan fingerprint density at radius 3 is 2.03 bits per heavy atom. The first-order valence-electron chi connectivity index (χ1n) is 12.1. The summed E-state index contributed by atoms with van der Waals surface area (Å²) < 4.78 is 17.5. The van der Waals surface area contributed by atoms with Crippen LogP contribution < -0.4 is 32.2 Å². The van der Waals surface area contributed by atoms with Gasteiger partial charge in [0.2, 0.25) is 0 Å². The molecule has 0 unspecified atom stereocenters. The predicted octanol–water partition coefficient (Wildman–Crippen LogP) is 3.68. The lowest BCUT2D eigenvalue weighted by atomic mass is 10.1. The van der Waals surface area contributed by atoms with E-state index in [-0.39, 0.29) is 17.7 Å². The molecule has 0 amide bonds. The van der Waals surface area contributed by atoms with Crippen LogP contribution in [0.1, 0.15) is 47.1 Å². The van der Waals surface area contributed by atoms with E-state index in [0.717, 1.165) is 5.56 Å². The van der Waals surface area contributed by atoms with Gasteiger partial charge in [-0.15, -0.1) is 0 Å². The summed E-state index contributed by atoms with van der Waals surface area (Å²) in [6.07, 6.45) is 5.33. The summed E-state index contributed by atoms with van der Waals surface area (Å²) in [4.78, 5) is 2.02. The van der Waals surface area contributed by atoms with E-state index in [0.29, 0.717) is 49.0 Å². The number of hydrogen-bond donors (Lipinski definition) is 6. The van der Waals surface area contributed by atoms with Gasteiger partial charge >= 0.3 is 0 Å². The summed E-state index contributed by atoms with van der Waals surface area (Å²) in [5, 5.41) is 13.4. The molecular formula is C26H45FN8O. The number of halogens is 1. The van der Waals surface area contributed by atoms with Gasteiger partial charge in [-0.2, -0.15) is 5.11 Å². The average Bonchev–Trinajstić information content (AvgIpc) is 2.78. The van der Waals surface area contributed by atoms with E-state index >= 15 is 0 Å². The molecule has 36 heavy (non-hydrogen) atoms. The Hall–Kier alpha value is -3.27. The highest BCUT2D eigenvalue weighted by molar-refractivity contribution is 5.27. The zero-order valence-electron chi connectivity index (χ0n) is 22.6. The number of ether oxygens (including phenoxy) is 1. The Bertz CT molecular complexity index is 883. The molecular weight excluding hydrogens is 459 g/mol. The monoisotopic (exact) mass is 504 g/mol. The van der Waals surface area contributed by atoms with Crippen LogP contribution in [0.4, 0.5) is 4.39 Å². The van der Waals surface area contributed by atoms with E-state index in [1.807, 2.05) is 49.9 Å². The summed E-state index contributed by atoms with van der Waals surface area (Å²) in [5.74, 6) is 0.637. The zero-order chi connectivity index (χ0) is 27.2.